The molecule has 2 fully saturated rings. The molecule has 0 radical (unpaired) electrons. The number of nitrogens with one attached hydrogen (secondary N) is 1. The van der Waals surface area contributed by atoms with E-state index in [4.69, 9.17) is 9.47 Å². The molecule has 0 bridgehead atoms. The van der Waals surface area contributed by atoms with Crippen LogP contribution in [0.5, 0.6) is 5.75 Å². The van der Waals surface area contributed by atoms with Crippen molar-refractivity contribution in [3.05, 3.63) is 52.8 Å². The van der Waals surface area contributed by atoms with Crippen molar-refractivity contribution in [2.24, 2.45) is 0 Å². The summed E-state index contributed by atoms with van der Waals surface area (Å²) in [6, 6.07) is 8.50. The zero-order chi connectivity index (χ0) is 22.5. The number of aryl methyl sites for hydroxylation is 1. The van der Waals surface area contributed by atoms with Crippen LogP contribution in [0.2, 0.25) is 0 Å². The maximum atomic E-state index is 13.4. The van der Waals surface area contributed by atoms with E-state index in [9.17, 15) is 14.4 Å². The summed E-state index contributed by atoms with van der Waals surface area (Å²) in [6.45, 7) is 5.36. The summed E-state index contributed by atoms with van der Waals surface area (Å²) in [5.74, 6) is -0.0735. The highest BCUT2D eigenvalue weighted by Gasteiger charge is 2.55. The second kappa shape index (κ2) is 7.78. The van der Waals surface area contributed by atoms with Crippen molar-refractivity contribution >= 4 is 17.7 Å². The Morgan fingerprint density at radius 1 is 1.22 bits per heavy atom. The SMILES string of the molecule is Cc1cc(C(=O)CN2C(=O)NC3(CCOc4ccccc43)C2=O)c(C)n1CC1CCCO1. The molecule has 2 atom stereocenters. The maximum Gasteiger partial charge on any atom is 0.325 e. The summed E-state index contributed by atoms with van der Waals surface area (Å²) in [5, 5.41) is 2.85. The highest BCUT2D eigenvalue weighted by Crippen LogP contribution is 2.41. The third-order valence-corrected chi connectivity index (χ3v) is 6.84. The first-order valence-corrected chi connectivity index (χ1v) is 11.1. The van der Waals surface area contributed by atoms with E-state index in [2.05, 4.69) is 9.88 Å². The number of imide groups is 1. The largest absolute Gasteiger partial charge is 0.493 e. The van der Waals surface area contributed by atoms with Crippen LogP contribution in [0.25, 0.3) is 0 Å². The number of amides is 3. The van der Waals surface area contributed by atoms with Crippen LogP contribution in [0.3, 0.4) is 0 Å². The second-order valence-corrected chi connectivity index (χ2v) is 8.78. The fourth-order valence-corrected chi connectivity index (χ4v) is 5.10. The van der Waals surface area contributed by atoms with Crippen LogP contribution in [-0.2, 0) is 21.6 Å². The van der Waals surface area contributed by atoms with Gasteiger partial charge in [0.15, 0.2) is 11.3 Å². The van der Waals surface area contributed by atoms with E-state index < -0.39 is 17.5 Å². The van der Waals surface area contributed by atoms with Crippen molar-refractivity contribution in [3.63, 3.8) is 0 Å². The smallest absolute Gasteiger partial charge is 0.325 e. The summed E-state index contributed by atoms with van der Waals surface area (Å²) in [6.07, 6.45) is 2.55. The number of ketones is 1. The number of rotatable bonds is 5. The Hall–Kier alpha value is -3.13. The Morgan fingerprint density at radius 2 is 2.03 bits per heavy atom. The number of hydrogen-bond donors (Lipinski definition) is 1. The maximum absolute atomic E-state index is 13.4. The average Bonchev–Trinajstić information content (AvgIpc) is 3.46. The molecule has 32 heavy (non-hydrogen) atoms. The standard InChI is InChI=1S/C24H27N3O5/c1-15-12-18(16(2)26(15)13-17-6-5-10-31-17)20(28)14-27-22(29)24(25-23(27)30)9-11-32-21-8-4-3-7-19(21)24/h3-4,7-8,12,17H,5-6,9-11,13-14H2,1-2H3,(H,25,30). The normalized spacial score (nSPS) is 24.6. The Bertz CT molecular complexity index is 1100. The van der Waals surface area contributed by atoms with Crippen LogP contribution in [0, 0.1) is 13.8 Å². The summed E-state index contributed by atoms with van der Waals surface area (Å²) in [4.78, 5) is 40.5. The van der Waals surface area contributed by atoms with Gasteiger partial charge in [0.05, 0.1) is 19.3 Å². The minimum absolute atomic E-state index is 0.155. The molecule has 2 unspecified atom stereocenters. The first-order chi connectivity index (χ1) is 15.4. The van der Waals surface area contributed by atoms with Gasteiger partial charge in [-0.25, -0.2) is 4.79 Å². The van der Waals surface area contributed by atoms with E-state index in [-0.39, 0.29) is 18.4 Å². The number of aromatic nitrogens is 1. The van der Waals surface area contributed by atoms with Crippen LogP contribution in [0.4, 0.5) is 4.79 Å². The molecule has 168 valence electrons. The van der Waals surface area contributed by atoms with E-state index in [1.165, 1.54) is 0 Å². The van der Waals surface area contributed by atoms with Gasteiger partial charge in [-0.05, 0) is 38.8 Å². The molecule has 3 aliphatic rings. The summed E-state index contributed by atoms with van der Waals surface area (Å²) in [7, 11) is 0. The molecule has 1 aromatic carbocycles. The first kappa shape index (κ1) is 20.8. The van der Waals surface area contributed by atoms with E-state index in [1.54, 1.807) is 12.1 Å². The lowest BCUT2D eigenvalue weighted by Crippen LogP contribution is -2.47. The van der Waals surface area contributed by atoms with Gasteiger partial charge in [0.1, 0.15) is 5.75 Å². The minimum atomic E-state index is -1.18. The molecule has 8 nitrogen and oxygen atoms in total. The summed E-state index contributed by atoms with van der Waals surface area (Å²) >= 11 is 0. The van der Waals surface area contributed by atoms with Crippen molar-refractivity contribution in [2.75, 3.05) is 19.8 Å². The Kier molecular flexibility index (Phi) is 5.04. The number of benzene rings is 1. The molecule has 0 saturated carbocycles. The molecular weight excluding hydrogens is 410 g/mol. The zero-order valence-electron chi connectivity index (χ0n) is 18.3. The van der Waals surface area contributed by atoms with E-state index in [0.717, 1.165) is 35.7 Å². The number of fused-ring (bicyclic) bond motifs is 2. The molecule has 8 heteroatoms. The fourth-order valence-electron chi connectivity index (χ4n) is 5.10. The second-order valence-electron chi connectivity index (χ2n) is 8.78. The van der Waals surface area contributed by atoms with E-state index in [1.807, 2.05) is 32.0 Å². The molecule has 3 aliphatic heterocycles. The van der Waals surface area contributed by atoms with Gasteiger partial charge in [-0.15, -0.1) is 0 Å². The lowest BCUT2D eigenvalue weighted by Gasteiger charge is -2.33. The van der Waals surface area contributed by atoms with E-state index >= 15 is 0 Å². The first-order valence-electron chi connectivity index (χ1n) is 11.1. The van der Waals surface area contributed by atoms with Gasteiger partial charge in [0, 0.05) is 42.1 Å². The number of urea groups is 1. The molecule has 2 saturated heterocycles. The van der Waals surface area contributed by atoms with Gasteiger partial charge in [0.2, 0.25) is 0 Å². The highest BCUT2D eigenvalue weighted by molar-refractivity contribution is 6.12. The van der Waals surface area contributed by atoms with Crippen molar-refractivity contribution in [1.82, 2.24) is 14.8 Å². The zero-order valence-corrected chi connectivity index (χ0v) is 18.3. The molecule has 3 amide bonds. The molecule has 4 heterocycles. The Labute approximate surface area is 186 Å². The Balaban J connectivity index is 1.38. The highest BCUT2D eigenvalue weighted by atomic mass is 16.5. The molecule has 1 aromatic heterocycles. The molecule has 0 aliphatic carbocycles. The van der Waals surface area contributed by atoms with Crippen molar-refractivity contribution in [3.8, 4) is 5.75 Å². The molecule has 1 N–H and O–H groups in total. The minimum Gasteiger partial charge on any atom is -0.493 e. The quantitative estimate of drug-likeness (QED) is 0.574. The third-order valence-electron chi connectivity index (χ3n) is 6.84. The van der Waals surface area contributed by atoms with Gasteiger partial charge in [-0.3, -0.25) is 14.5 Å². The van der Waals surface area contributed by atoms with Gasteiger partial charge >= 0.3 is 6.03 Å². The lowest BCUT2D eigenvalue weighted by molar-refractivity contribution is -0.132. The van der Waals surface area contributed by atoms with Crippen molar-refractivity contribution in [1.29, 1.82) is 0 Å². The molecule has 1 spiro atoms. The molecule has 5 rings (SSSR count). The number of ether oxygens (including phenoxy) is 2. The average molecular weight is 437 g/mol. The summed E-state index contributed by atoms with van der Waals surface area (Å²) < 4.78 is 13.5. The van der Waals surface area contributed by atoms with E-state index in [0.29, 0.717) is 36.4 Å². The number of carbonyl (C=O) groups is 3. The number of nitrogens with zero attached hydrogens (tertiary/aromatic N) is 2. The van der Waals surface area contributed by atoms with Crippen molar-refractivity contribution < 1.29 is 23.9 Å². The molecule has 2 aromatic rings. The summed E-state index contributed by atoms with van der Waals surface area (Å²) in [5.41, 5.74) is 1.79. The van der Waals surface area contributed by atoms with Crippen LogP contribution >= 0.6 is 0 Å². The predicted octanol–water partition coefficient (Wildman–Crippen LogP) is 2.70. The van der Waals surface area contributed by atoms with Crippen LogP contribution in [-0.4, -0.2) is 53.1 Å². The van der Waals surface area contributed by atoms with Crippen LogP contribution in [0.1, 0.15) is 46.6 Å². The van der Waals surface area contributed by atoms with Crippen molar-refractivity contribution in [2.45, 2.75) is 51.3 Å². The number of para-hydroxylation sites is 1. The topological polar surface area (TPSA) is 89.9 Å². The van der Waals surface area contributed by atoms with Gasteiger partial charge in [-0.1, -0.05) is 18.2 Å². The number of hydrogen-bond acceptors (Lipinski definition) is 5. The van der Waals surface area contributed by atoms with Gasteiger partial charge < -0.3 is 19.4 Å². The lowest BCUT2D eigenvalue weighted by atomic mass is 9.84. The van der Waals surface area contributed by atoms with Gasteiger partial charge in [-0.2, -0.15) is 0 Å². The third kappa shape index (κ3) is 3.21. The number of Topliss-reactive ketones (excluding diaryl/α,β-unsaturated/α-hetero) is 1. The fraction of sp³-hybridized carbons (Fsp3) is 0.458. The van der Waals surface area contributed by atoms with Crippen LogP contribution < -0.4 is 10.1 Å². The number of carbonyl (C=O) groups excluding carboxylic acids is 3. The monoisotopic (exact) mass is 437 g/mol. The molecular formula is C24H27N3O5. The Morgan fingerprint density at radius 3 is 2.81 bits per heavy atom. The van der Waals surface area contributed by atoms with Gasteiger partial charge in [0.25, 0.3) is 5.91 Å². The predicted molar refractivity (Wildman–Crippen MR) is 116 cm³/mol. The van der Waals surface area contributed by atoms with Crippen LogP contribution in [0.15, 0.2) is 30.3 Å².